The number of benzene rings is 1. The first-order chi connectivity index (χ1) is 7.70. The molecule has 0 aliphatic heterocycles. The van der Waals surface area contributed by atoms with Gasteiger partial charge in [0, 0.05) is 17.2 Å². The van der Waals surface area contributed by atoms with Gasteiger partial charge in [-0.1, -0.05) is 18.2 Å². The van der Waals surface area contributed by atoms with Crippen LogP contribution in [0.25, 0.3) is 0 Å². The number of rotatable bonds is 6. The Hall–Kier alpha value is -0.490. The van der Waals surface area contributed by atoms with E-state index < -0.39 is 5.97 Å². The molecular formula is C11H13N2NaO2S. The van der Waals surface area contributed by atoms with Gasteiger partial charge in [0.15, 0.2) is 0 Å². The van der Waals surface area contributed by atoms with Crippen LogP contribution >= 0.6 is 11.8 Å². The second kappa shape index (κ2) is 9.53. The van der Waals surface area contributed by atoms with Crippen LogP contribution in [0, 0.1) is 0 Å². The average molecular weight is 260 g/mol. The van der Waals surface area contributed by atoms with E-state index in [1.54, 1.807) is 11.8 Å². The van der Waals surface area contributed by atoms with Crippen LogP contribution in [0.2, 0.25) is 0 Å². The number of carbonyl (C=O) groups is 1. The Kier molecular flexibility index (Phi) is 9.26. The SMILES string of the molecule is CC(=NNCCSc1ccccc1)C(=O)[O-].[Na+]. The molecule has 0 aliphatic carbocycles. The molecule has 6 heteroatoms. The molecule has 0 unspecified atom stereocenters. The molecule has 0 bridgehead atoms. The van der Waals surface area contributed by atoms with E-state index in [1.165, 1.54) is 11.8 Å². The maximum atomic E-state index is 10.3. The molecule has 1 rings (SSSR count). The molecular weight excluding hydrogens is 247 g/mol. The molecule has 0 atom stereocenters. The summed E-state index contributed by atoms with van der Waals surface area (Å²) >= 11 is 1.69. The summed E-state index contributed by atoms with van der Waals surface area (Å²) in [4.78, 5) is 11.5. The predicted molar refractivity (Wildman–Crippen MR) is 63.3 cm³/mol. The van der Waals surface area contributed by atoms with Gasteiger partial charge in [-0.3, -0.25) is 0 Å². The summed E-state index contributed by atoms with van der Waals surface area (Å²) in [6.07, 6.45) is 0. The number of carboxylic acids is 1. The van der Waals surface area contributed by atoms with Crippen molar-refractivity contribution in [1.82, 2.24) is 5.43 Å². The van der Waals surface area contributed by atoms with Crippen LogP contribution < -0.4 is 40.1 Å². The van der Waals surface area contributed by atoms with Gasteiger partial charge in [-0.05, 0) is 19.1 Å². The molecule has 4 nitrogen and oxygen atoms in total. The summed E-state index contributed by atoms with van der Waals surface area (Å²) in [7, 11) is 0. The fraction of sp³-hybridized carbons (Fsp3) is 0.273. The van der Waals surface area contributed by atoms with Gasteiger partial charge >= 0.3 is 29.6 Å². The van der Waals surface area contributed by atoms with E-state index in [9.17, 15) is 9.90 Å². The van der Waals surface area contributed by atoms with Crippen molar-refractivity contribution in [2.24, 2.45) is 5.10 Å². The molecule has 0 saturated heterocycles. The molecule has 0 radical (unpaired) electrons. The first kappa shape index (κ1) is 16.5. The summed E-state index contributed by atoms with van der Waals surface area (Å²) in [6.45, 7) is 2.01. The Bertz CT molecular complexity index is 371. The van der Waals surface area contributed by atoms with Crippen LogP contribution in [0.4, 0.5) is 0 Å². The van der Waals surface area contributed by atoms with Crippen molar-refractivity contribution in [3.63, 3.8) is 0 Å². The molecule has 0 amide bonds. The van der Waals surface area contributed by atoms with Gasteiger partial charge in [-0.2, -0.15) is 5.10 Å². The van der Waals surface area contributed by atoms with Crippen LogP contribution in [0.3, 0.4) is 0 Å². The van der Waals surface area contributed by atoms with Crippen LogP contribution in [0.5, 0.6) is 0 Å². The summed E-state index contributed by atoms with van der Waals surface area (Å²) < 4.78 is 0. The van der Waals surface area contributed by atoms with Gasteiger partial charge in [0.2, 0.25) is 0 Å². The Morgan fingerprint density at radius 2 is 2.06 bits per heavy atom. The topological polar surface area (TPSA) is 64.5 Å². The minimum Gasteiger partial charge on any atom is -0.543 e. The minimum absolute atomic E-state index is 0. The molecule has 1 aromatic rings. The summed E-state index contributed by atoms with van der Waals surface area (Å²) in [5, 5.41) is 13.9. The molecule has 0 spiro atoms. The smallest absolute Gasteiger partial charge is 0.543 e. The third-order valence-electron chi connectivity index (χ3n) is 1.77. The molecule has 1 aromatic carbocycles. The third-order valence-corrected chi connectivity index (χ3v) is 2.78. The Labute approximate surface area is 127 Å². The van der Waals surface area contributed by atoms with Crippen molar-refractivity contribution >= 4 is 23.4 Å². The second-order valence-electron chi connectivity index (χ2n) is 3.05. The van der Waals surface area contributed by atoms with E-state index in [2.05, 4.69) is 10.5 Å². The van der Waals surface area contributed by atoms with Gasteiger partial charge in [0.05, 0.1) is 11.7 Å². The monoisotopic (exact) mass is 260 g/mol. The van der Waals surface area contributed by atoms with Crippen LogP contribution in [-0.4, -0.2) is 24.0 Å². The van der Waals surface area contributed by atoms with E-state index in [0.717, 1.165) is 5.75 Å². The Morgan fingerprint density at radius 3 is 2.65 bits per heavy atom. The van der Waals surface area contributed by atoms with E-state index >= 15 is 0 Å². The van der Waals surface area contributed by atoms with Crippen LogP contribution in [-0.2, 0) is 4.79 Å². The second-order valence-corrected chi connectivity index (χ2v) is 4.22. The zero-order valence-electron chi connectivity index (χ0n) is 9.97. The van der Waals surface area contributed by atoms with Crippen molar-refractivity contribution in [2.45, 2.75) is 11.8 Å². The molecule has 0 saturated carbocycles. The summed E-state index contributed by atoms with van der Waals surface area (Å²) in [5.41, 5.74) is 2.65. The molecule has 0 fully saturated rings. The van der Waals surface area contributed by atoms with E-state index in [-0.39, 0.29) is 35.3 Å². The number of nitrogens with one attached hydrogen (secondary N) is 1. The molecule has 0 heterocycles. The van der Waals surface area contributed by atoms with Gasteiger partial charge in [-0.15, -0.1) is 11.8 Å². The van der Waals surface area contributed by atoms with Gasteiger partial charge in [-0.25, -0.2) is 0 Å². The van der Waals surface area contributed by atoms with E-state index in [1.807, 2.05) is 30.3 Å². The zero-order chi connectivity index (χ0) is 11.8. The maximum absolute atomic E-state index is 10.3. The summed E-state index contributed by atoms with van der Waals surface area (Å²) in [5.74, 6) is -0.420. The first-order valence-corrected chi connectivity index (χ1v) is 5.85. The Morgan fingerprint density at radius 1 is 1.41 bits per heavy atom. The van der Waals surface area contributed by atoms with Crippen molar-refractivity contribution < 1.29 is 39.5 Å². The summed E-state index contributed by atoms with van der Waals surface area (Å²) in [6, 6.07) is 9.98. The number of carboxylic acid groups (broad SMARTS) is 1. The molecule has 0 aromatic heterocycles. The standard InChI is InChI=1S/C11H14N2O2S.Na/c1-9(11(14)15)13-12-7-8-16-10-5-3-2-4-6-10;/h2-6,12H,7-8H2,1H3,(H,14,15);/q;+1/p-1. The van der Waals surface area contributed by atoms with Crippen molar-refractivity contribution in [1.29, 1.82) is 0 Å². The van der Waals surface area contributed by atoms with Crippen LogP contribution in [0.15, 0.2) is 40.3 Å². The number of hydrogen-bond acceptors (Lipinski definition) is 5. The van der Waals surface area contributed by atoms with E-state index in [0.29, 0.717) is 6.54 Å². The van der Waals surface area contributed by atoms with Crippen molar-refractivity contribution in [3.05, 3.63) is 30.3 Å². The van der Waals surface area contributed by atoms with Gasteiger partial charge in [0.1, 0.15) is 0 Å². The first-order valence-electron chi connectivity index (χ1n) is 4.86. The normalized spacial score (nSPS) is 10.5. The quantitative estimate of drug-likeness (QED) is 0.202. The van der Waals surface area contributed by atoms with Crippen molar-refractivity contribution in [2.75, 3.05) is 12.3 Å². The molecule has 0 aliphatic rings. The number of carbonyl (C=O) groups excluding carboxylic acids is 1. The minimum atomic E-state index is -1.25. The van der Waals surface area contributed by atoms with E-state index in [4.69, 9.17) is 0 Å². The molecule has 86 valence electrons. The maximum Gasteiger partial charge on any atom is 1.00 e. The van der Waals surface area contributed by atoms with Crippen molar-refractivity contribution in [3.8, 4) is 0 Å². The van der Waals surface area contributed by atoms with Crippen LogP contribution in [0.1, 0.15) is 6.92 Å². The number of thioether (sulfide) groups is 1. The average Bonchev–Trinajstić information content (AvgIpc) is 2.29. The number of nitrogens with zero attached hydrogens (tertiary/aromatic N) is 1. The number of hydrazone groups is 1. The number of aliphatic carboxylic acids is 1. The van der Waals surface area contributed by atoms with Gasteiger partial charge < -0.3 is 15.3 Å². The number of hydrogen-bond donors (Lipinski definition) is 1. The zero-order valence-corrected chi connectivity index (χ0v) is 12.8. The largest absolute Gasteiger partial charge is 1.00 e. The molecule has 1 N–H and O–H groups in total. The fourth-order valence-electron chi connectivity index (χ4n) is 0.951. The predicted octanol–water partition coefficient (Wildman–Crippen LogP) is -2.50. The van der Waals surface area contributed by atoms with Gasteiger partial charge in [0.25, 0.3) is 0 Å². The fourth-order valence-corrected chi connectivity index (χ4v) is 1.73. The third kappa shape index (κ3) is 7.44. The Balaban J connectivity index is 0.00000256. The molecule has 17 heavy (non-hydrogen) atoms.